The number of ether oxygens (including phenoxy) is 1. The molecule has 4 unspecified atom stereocenters. The summed E-state index contributed by atoms with van der Waals surface area (Å²) >= 11 is 12.3. The second-order valence-electron chi connectivity index (χ2n) is 11.1. The van der Waals surface area contributed by atoms with Crippen molar-refractivity contribution in [2.45, 2.75) is 81.7 Å². The number of amides is 1. The van der Waals surface area contributed by atoms with Gasteiger partial charge in [-0.05, 0) is 62.6 Å². The van der Waals surface area contributed by atoms with Crippen LogP contribution in [0.25, 0.3) is 0 Å². The molecule has 1 saturated heterocycles. The quantitative estimate of drug-likeness (QED) is 0.325. The minimum absolute atomic E-state index is 0.205. The number of hydrogen-bond donors (Lipinski definition) is 1. The lowest BCUT2D eigenvalue weighted by atomic mass is 9.84. The maximum atomic E-state index is 14.3. The van der Waals surface area contributed by atoms with Crippen LogP contribution in [-0.2, 0) is 24.2 Å². The summed E-state index contributed by atoms with van der Waals surface area (Å²) in [5.74, 6) is -3.47. The van der Waals surface area contributed by atoms with E-state index in [0.717, 1.165) is 4.90 Å². The van der Waals surface area contributed by atoms with Crippen molar-refractivity contribution in [3.8, 4) is 0 Å². The van der Waals surface area contributed by atoms with Crippen molar-refractivity contribution in [2.24, 2.45) is 0 Å². The zero-order valence-corrected chi connectivity index (χ0v) is 25.2. The number of benzene rings is 2. The molecule has 0 aliphatic carbocycles. The number of halogens is 5. The number of morpholine rings is 1. The Morgan fingerprint density at radius 2 is 1.68 bits per heavy atom. The minimum Gasteiger partial charge on any atom is -0.481 e. The largest absolute Gasteiger partial charge is 0.481 e. The average molecular weight is 639 g/mol. The van der Waals surface area contributed by atoms with Gasteiger partial charge < -0.3 is 14.7 Å². The van der Waals surface area contributed by atoms with Gasteiger partial charge in [-0.25, -0.2) is 8.42 Å². The fourth-order valence-electron chi connectivity index (χ4n) is 4.92. The monoisotopic (exact) mass is 637 g/mol. The molecule has 226 valence electrons. The summed E-state index contributed by atoms with van der Waals surface area (Å²) in [6, 6.07) is 9.06. The number of carbonyl (C=O) groups is 2. The Morgan fingerprint density at radius 3 is 2.17 bits per heavy atom. The van der Waals surface area contributed by atoms with E-state index >= 15 is 0 Å². The van der Waals surface area contributed by atoms with Crippen LogP contribution in [0.1, 0.15) is 70.2 Å². The number of hydrogen-bond acceptors (Lipinski definition) is 5. The smallest absolute Gasteiger partial charge is 0.391 e. The predicted octanol–water partition coefficient (Wildman–Crippen LogP) is 6.79. The SMILES string of the molecule is CCC1(CC(=O)O)OC(c2cccc(Cl)c2)C(c2ccc(Cl)cc2)N(C(CC(F)(F)F)CS(=O)(=O)C(C)(C)C)C1=O. The first-order valence-electron chi connectivity index (χ1n) is 12.8. The van der Waals surface area contributed by atoms with Crippen LogP contribution in [0, 0.1) is 0 Å². The molecule has 1 aliphatic rings. The van der Waals surface area contributed by atoms with Crippen molar-refractivity contribution >= 4 is 44.9 Å². The molecule has 0 saturated carbocycles. The van der Waals surface area contributed by atoms with E-state index in [0.29, 0.717) is 16.1 Å². The van der Waals surface area contributed by atoms with Crippen LogP contribution in [0.2, 0.25) is 10.0 Å². The predicted molar refractivity (Wildman–Crippen MR) is 150 cm³/mol. The van der Waals surface area contributed by atoms with Crippen molar-refractivity contribution in [1.29, 1.82) is 0 Å². The number of sulfone groups is 1. The highest BCUT2D eigenvalue weighted by Gasteiger charge is 2.57. The highest BCUT2D eigenvalue weighted by atomic mass is 35.5. The van der Waals surface area contributed by atoms with Gasteiger partial charge in [-0.15, -0.1) is 0 Å². The molecule has 4 atom stereocenters. The fraction of sp³-hybridized carbons (Fsp3) is 0.500. The molecular formula is C28H32Cl2F3NO6S. The van der Waals surface area contributed by atoms with Crippen molar-refractivity contribution in [2.75, 3.05) is 5.75 Å². The van der Waals surface area contributed by atoms with E-state index in [1.165, 1.54) is 58.0 Å². The van der Waals surface area contributed by atoms with Crippen LogP contribution >= 0.6 is 23.2 Å². The molecule has 0 spiro atoms. The Balaban J connectivity index is 2.38. The van der Waals surface area contributed by atoms with Crippen LogP contribution in [0.4, 0.5) is 13.2 Å². The van der Waals surface area contributed by atoms with Gasteiger partial charge in [0.2, 0.25) is 0 Å². The Labute approximate surface area is 247 Å². The van der Waals surface area contributed by atoms with E-state index in [2.05, 4.69) is 0 Å². The molecule has 0 aromatic heterocycles. The summed E-state index contributed by atoms with van der Waals surface area (Å²) < 4.78 is 73.8. The van der Waals surface area contributed by atoms with E-state index in [9.17, 15) is 36.3 Å². The summed E-state index contributed by atoms with van der Waals surface area (Å²) in [6.07, 6.45) is -8.78. The molecule has 1 fully saturated rings. The average Bonchev–Trinajstić information content (AvgIpc) is 2.83. The van der Waals surface area contributed by atoms with Crippen molar-refractivity contribution < 1.29 is 41.0 Å². The van der Waals surface area contributed by atoms with Gasteiger partial charge in [0, 0.05) is 10.0 Å². The molecule has 0 bridgehead atoms. The molecule has 41 heavy (non-hydrogen) atoms. The van der Waals surface area contributed by atoms with Crippen molar-refractivity contribution in [1.82, 2.24) is 4.90 Å². The van der Waals surface area contributed by atoms with E-state index in [1.54, 1.807) is 18.2 Å². The Hall–Kier alpha value is -2.34. The lowest BCUT2D eigenvalue weighted by Crippen LogP contribution is -2.63. The van der Waals surface area contributed by atoms with Gasteiger partial charge in [0.25, 0.3) is 5.91 Å². The van der Waals surface area contributed by atoms with Gasteiger partial charge in [-0.3, -0.25) is 9.59 Å². The van der Waals surface area contributed by atoms with E-state index in [-0.39, 0.29) is 11.4 Å². The Morgan fingerprint density at radius 1 is 1.07 bits per heavy atom. The van der Waals surface area contributed by atoms with E-state index in [1.807, 2.05) is 0 Å². The summed E-state index contributed by atoms with van der Waals surface area (Å²) in [5.41, 5.74) is -1.41. The molecule has 1 N–H and O–H groups in total. The van der Waals surface area contributed by atoms with Crippen LogP contribution in [0.3, 0.4) is 0 Å². The minimum atomic E-state index is -4.87. The lowest BCUT2D eigenvalue weighted by Gasteiger charge is -2.52. The second-order valence-corrected chi connectivity index (χ2v) is 14.7. The first-order valence-corrected chi connectivity index (χ1v) is 15.2. The van der Waals surface area contributed by atoms with Gasteiger partial charge in [0.1, 0.15) is 6.10 Å². The van der Waals surface area contributed by atoms with E-state index in [4.69, 9.17) is 27.9 Å². The van der Waals surface area contributed by atoms with Crippen molar-refractivity contribution in [3.05, 3.63) is 69.7 Å². The van der Waals surface area contributed by atoms with Crippen LogP contribution in [-0.4, -0.2) is 58.6 Å². The molecule has 3 rings (SSSR count). The lowest BCUT2D eigenvalue weighted by molar-refractivity contribution is -0.216. The van der Waals surface area contributed by atoms with Crippen LogP contribution < -0.4 is 0 Å². The number of carboxylic acid groups (broad SMARTS) is 1. The third kappa shape index (κ3) is 7.55. The van der Waals surface area contributed by atoms with Crippen LogP contribution in [0.5, 0.6) is 0 Å². The van der Waals surface area contributed by atoms with Gasteiger partial charge in [-0.2, -0.15) is 13.2 Å². The maximum absolute atomic E-state index is 14.3. The molecule has 2 aromatic rings. The zero-order chi connectivity index (χ0) is 31.0. The summed E-state index contributed by atoms with van der Waals surface area (Å²) in [5, 5.41) is 10.3. The molecule has 0 radical (unpaired) electrons. The number of nitrogens with zero attached hydrogens (tertiary/aromatic N) is 1. The Bertz CT molecular complexity index is 1380. The fourth-order valence-corrected chi connectivity index (χ4v) is 6.53. The molecule has 13 heteroatoms. The molecule has 1 amide bonds. The topological polar surface area (TPSA) is 101 Å². The number of carbonyl (C=O) groups excluding carboxylic acids is 1. The number of alkyl halides is 3. The van der Waals surface area contributed by atoms with Gasteiger partial charge in [0.05, 0.1) is 35.4 Å². The maximum Gasteiger partial charge on any atom is 0.391 e. The summed E-state index contributed by atoms with van der Waals surface area (Å²) in [4.78, 5) is 27.1. The second kappa shape index (κ2) is 12.1. The highest BCUT2D eigenvalue weighted by Crippen LogP contribution is 2.50. The van der Waals surface area contributed by atoms with Gasteiger partial charge >= 0.3 is 12.1 Å². The normalized spacial score (nSPS) is 23.0. The van der Waals surface area contributed by atoms with E-state index < -0.39 is 75.0 Å². The standard InChI is InChI=1S/C28H32Cl2F3NO6S/c1-5-27(15-22(35)36)25(37)34(21(14-28(31,32)33)16-41(38,39)26(2,3)4)23(17-9-11-19(29)12-10-17)24(40-27)18-7-6-8-20(30)13-18/h6-13,21,23-24H,5,14-16H2,1-4H3,(H,35,36). The molecular weight excluding hydrogens is 606 g/mol. The first-order chi connectivity index (χ1) is 18.8. The summed E-state index contributed by atoms with van der Waals surface area (Å²) in [6.45, 7) is 5.57. The van der Waals surface area contributed by atoms with Gasteiger partial charge in [0.15, 0.2) is 15.4 Å². The third-order valence-corrected chi connectivity index (χ3v) is 10.3. The number of carboxylic acids is 1. The molecule has 1 heterocycles. The number of aliphatic carboxylic acids is 1. The molecule has 2 aromatic carbocycles. The summed E-state index contributed by atoms with van der Waals surface area (Å²) in [7, 11) is -4.20. The Kier molecular flexibility index (Phi) is 9.79. The molecule has 1 aliphatic heterocycles. The van der Waals surface area contributed by atoms with Crippen molar-refractivity contribution in [3.63, 3.8) is 0 Å². The first kappa shape index (κ1) is 33.2. The molecule has 7 nitrogen and oxygen atoms in total. The van der Waals surface area contributed by atoms with Crippen LogP contribution in [0.15, 0.2) is 48.5 Å². The number of rotatable bonds is 9. The highest BCUT2D eigenvalue weighted by molar-refractivity contribution is 7.92. The zero-order valence-electron chi connectivity index (χ0n) is 22.9. The third-order valence-electron chi connectivity index (χ3n) is 7.17. The van der Waals surface area contributed by atoms with Gasteiger partial charge in [-0.1, -0.05) is 54.4 Å².